The molecule has 1 atom stereocenters. The highest BCUT2D eigenvalue weighted by Gasteiger charge is 2.31. The van der Waals surface area contributed by atoms with Crippen LogP contribution in [0.4, 0.5) is 0 Å². The predicted octanol–water partition coefficient (Wildman–Crippen LogP) is 3.10. The third-order valence-corrected chi connectivity index (χ3v) is 4.52. The molecular weight excluding hydrogens is 254 g/mol. The molecule has 2 aliphatic rings. The van der Waals surface area contributed by atoms with Gasteiger partial charge in [0.15, 0.2) is 0 Å². The number of likely N-dealkylation sites (tertiary alicyclic amines) is 1. The van der Waals surface area contributed by atoms with Gasteiger partial charge < -0.3 is 4.90 Å². The fourth-order valence-corrected chi connectivity index (χ4v) is 3.37. The molecule has 0 N–H and O–H groups in total. The highest BCUT2D eigenvalue weighted by Crippen LogP contribution is 2.27. The van der Waals surface area contributed by atoms with Crippen molar-refractivity contribution in [1.82, 2.24) is 4.90 Å². The van der Waals surface area contributed by atoms with Crippen molar-refractivity contribution in [1.29, 1.82) is 0 Å². The number of carbonyl (C=O) groups excluding carboxylic acids is 1. The number of amides is 1. The standard InChI is InChI=1S/C12H20BrNO/c13-11-8-5-9-14(12(11)15)10-6-3-1-2-4-7-10/h10-11H,1-9H2. The van der Waals surface area contributed by atoms with Gasteiger partial charge in [-0.15, -0.1) is 0 Å². The third-order valence-electron chi connectivity index (χ3n) is 3.67. The molecule has 0 aromatic carbocycles. The van der Waals surface area contributed by atoms with Crippen molar-refractivity contribution in [3.05, 3.63) is 0 Å². The van der Waals surface area contributed by atoms with Gasteiger partial charge >= 0.3 is 0 Å². The first kappa shape index (κ1) is 11.4. The molecule has 0 bridgehead atoms. The van der Waals surface area contributed by atoms with Gasteiger partial charge in [-0.2, -0.15) is 0 Å². The molecule has 1 saturated heterocycles. The molecule has 3 heteroatoms. The molecule has 0 aromatic heterocycles. The van der Waals surface area contributed by atoms with Gasteiger partial charge in [0.2, 0.25) is 5.91 Å². The van der Waals surface area contributed by atoms with Crippen molar-refractivity contribution in [3.8, 4) is 0 Å². The van der Waals surface area contributed by atoms with Gasteiger partial charge in [-0.3, -0.25) is 4.79 Å². The summed E-state index contributed by atoms with van der Waals surface area (Å²) in [6.07, 6.45) is 9.96. The van der Waals surface area contributed by atoms with Gasteiger partial charge in [0, 0.05) is 12.6 Å². The van der Waals surface area contributed by atoms with Gasteiger partial charge in [-0.05, 0) is 25.7 Å². The number of rotatable bonds is 1. The largest absolute Gasteiger partial charge is 0.339 e. The van der Waals surface area contributed by atoms with Crippen molar-refractivity contribution in [2.75, 3.05) is 6.54 Å². The van der Waals surface area contributed by atoms with Crippen molar-refractivity contribution in [2.45, 2.75) is 62.2 Å². The van der Waals surface area contributed by atoms with E-state index < -0.39 is 0 Å². The van der Waals surface area contributed by atoms with Crippen molar-refractivity contribution in [3.63, 3.8) is 0 Å². The lowest BCUT2D eigenvalue weighted by Gasteiger charge is -2.36. The zero-order chi connectivity index (χ0) is 10.7. The molecule has 2 rings (SSSR count). The molecule has 1 amide bonds. The second-order valence-electron chi connectivity index (χ2n) is 4.79. The molecule has 1 heterocycles. The van der Waals surface area contributed by atoms with E-state index in [0.717, 1.165) is 19.4 Å². The molecule has 1 aliphatic heterocycles. The molecule has 2 fully saturated rings. The minimum atomic E-state index is 0.0921. The van der Waals surface area contributed by atoms with Crippen molar-refractivity contribution in [2.24, 2.45) is 0 Å². The molecule has 86 valence electrons. The van der Waals surface area contributed by atoms with Gasteiger partial charge in [0.25, 0.3) is 0 Å². The molecule has 1 saturated carbocycles. The first-order valence-corrected chi connectivity index (χ1v) is 7.15. The summed E-state index contributed by atoms with van der Waals surface area (Å²) >= 11 is 3.49. The third kappa shape index (κ3) is 2.74. The van der Waals surface area contributed by atoms with Gasteiger partial charge in [-0.25, -0.2) is 0 Å². The molecule has 0 spiro atoms. The average molecular weight is 274 g/mol. The second-order valence-corrected chi connectivity index (χ2v) is 5.89. The first-order valence-electron chi connectivity index (χ1n) is 6.23. The zero-order valence-electron chi connectivity index (χ0n) is 9.25. The Kier molecular flexibility index (Phi) is 4.06. The summed E-state index contributed by atoms with van der Waals surface area (Å²) in [6, 6.07) is 0.542. The number of hydrogen-bond donors (Lipinski definition) is 0. The number of nitrogens with zero attached hydrogens (tertiary/aromatic N) is 1. The van der Waals surface area contributed by atoms with E-state index in [0.29, 0.717) is 11.9 Å². The van der Waals surface area contributed by atoms with Crippen LogP contribution in [0, 0.1) is 0 Å². The van der Waals surface area contributed by atoms with E-state index in [1.807, 2.05) is 0 Å². The molecular formula is C12H20BrNO. The zero-order valence-corrected chi connectivity index (χ0v) is 10.8. The lowest BCUT2D eigenvalue weighted by Crippen LogP contribution is -2.47. The molecule has 15 heavy (non-hydrogen) atoms. The van der Waals surface area contributed by atoms with Gasteiger partial charge in [-0.1, -0.05) is 41.6 Å². The Balaban J connectivity index is 1.97. The van der Waals surface area contributed by atoms with Crippen LogP contribution < -0.4 is 0 Å². The second kappa shape index (κ2) is 5.33. The molecule has 0 radical (unpaired) electrons. The average Bonchev–Trinajstić information content (AvgIpc) is 2.50. The Labute approximate surface area is 101 Å². The van der Waals surface area contributed by atoms with Crippen molar-refractivity contribution >= 4 is 21.8 Å². The van der Waals surface area contributed by atoms with Crippen LogP contribution in [0.3, 0.4) is 0 Å². The van der Waals surface area contributed by atoms with Crippen LogP contribution in [-0.2, 0) is 4.79 Å². The van der Waals surface area contributed by atoms with Crippen LogP contribution in [-0.4, -0.2) is 28.2 Å². The van der Waals surface area contributed by atoms with Crippen LogP contribution >= 0.6 is 15.9 Å². The fourth-order valence-electron chi connectivity index (χ4n) is 2.79. The number of halogens is 1. The topological polar surface area (TPSA) is 20.3 Å². The fraction of sp³-hybridized carbons (Fsp3) is 0.917. The maximum atomic E-state index is 12.0. The molecule has 2 nitrogen and oxygen atoms in total. The SMILES string of the molecule is O=C1C(Br)CCCN1C1CCCCCC1. The van der Waals surface area contributed by atoms with Crippen LogP contribution in [0.1, 0.15) is 51.4 Å². The Bertz CT molecular complexity index is 224. The van der Waals surface area contributed by atoms with E-state index in [2.05, 4.69) is 20.8 Å². The molecule has 0 aromatic rings. The predicted molar refractivity (Wildman–Crippen MR) is 65.2 cm³/mol. The van der Waals surface area contributed by atoms with Crippen LogP contribution in [0.25, 0.3) is 0 Å². The highest BCUT2D eigenvalue weighted by atomic mass is 79.9. The van der Waals surface area contributed by atoms with E-state index in [9.17, 15) is 4.79 Å². The first-order chi connectivity index (χ1) is 7.29. The Morgan fingerprint density at radius 3 is 2.33 bits per heavy atom. The van der Waals surface area contributed by atoms with E-state index in [4.69, 9.17) is 0 Å². The maximum absolute atomic E-state index is 12.0. The number of carbonyl (C=O) groups is 1. The van der Waals surface area contributed by atoms with E-state index >= 15 is 0 Å². The quantitative estimate of drug-likeness (QED) is 0.531. The lowest BCUT2D eigenvalue weighted by atomic mass is 10.0. The summed E-state index contributed by atoms with van der Waals surface area (Å²) < 4.78 is 0. The monoisotopic (exact) mass is 273 g/mol. The van der Waals surface area contributed by atoms with Gasteiger partial charge in [0.05, 0.1) is 4.83 Å². The van der Waals surface area contributed by atoms with E-state index in [-0.39, 0.29) is 4.83 Å². The lowest BCUT2D eigenvalue weighted by molar-refractivity contribution is -0.135. The van der Waals surface area contributed by atoms with Crippen LogP contribution in [0.15, 0.2) is 0 Å². The minimum absolute atomic E-state index is 0.0921. The van der Waals surface area contributed by atoms with Gasteiger partial charge in [0.1, 0.15) is 0 Å². The number of piperidine rings is 1. The normalized spacial score (nSPS) is 30.3. The summed E-state index contributed by atoms with van der Waals surface area (Å²) in [7, 11) is 0. The Hall–Kier alpha value is -0.0500. The minimum Gasteiger partial charge on any atom is -0.339 e. The summed E-state index contributed by atoms with van der Waals surface area (Å²) in [5, 5.41) is 0. The number of hydrogen-bond acceptors (Lipinski definition) is 1. The molecule has 1 aliphatic carbocycles. The highest BCUT2D eigenvalue weighted by molar-refractivity contribution is 9.10. The maximum Gasteiger partial charge on any atom is 0.236 e. The Morgan fingerprint density at radius 2 is 1.67 bits per heavy atom. The Morgan fingerprint density at radius 1 is 1.00 bits per heavy atom. The number of alkyl halides is 1. The summed E-state index contributed by atoms with van der Waals surface area (Å²) in [5.41, 5.74) is 0. The van der Waals surface area contributed by atoms with Crippen LogP contribution in [0.5, 0.6) is 0 Å². The van der Waals surface area contributed by atoms with E-state index in [1.165, 1.54) is 38.5 Å². The summed E-state index contributed by atoms with van der Waals surface area (Å²) in [6.45, 7) is 0.992. The van der Waals surface area contributed by atoms with Crippen molar-refractivity contribution < 1.29 is 4.79 Å². The van der Waals surface area contributed by atoms with Crippen LogP contribution in [0.2, 0.25) is 0 Å². The smallest absolute Gasteiger partial charge is 0.236 e. The summed E-state index contributed by atoms with van der Waals surface area (Å²) in [5.74, 6) is 0.341. The molecule has 1 unspecified atom stereocenters. The van der Waals surface area contributed by atoms with E-state index in [1.54, 1.807) is 0 Å². The summed E-state index contributed by atoms with van der Waals surface area (Å²) in [4.78, 5) is 14.3.